The highest BCUT2D eigenvalue weighted by molar-refractivity contribution is 5.88. The van der Waals surface area contributed by atoms with E-state index in [2.05, 4.69) is 10.6 Å². The molecule has 1 amide bonds. The summed E-state index contributed by atoms with van der Waals surface area (Å²) in [6, 6.07) is 14.3. The van der Waals surface area contributed by atoms with E-state index in [0.29, 0.717) is 12.1 Å². The molecule has 0 bridgehead atoms. The average molecular weight is 286 g/mol. The maximum Gasteiger partial charge on any atom is 0.221 e. The van der Waals surface area contributed by atoms with Gasteiger partial charge in [0.1, 0.15) is 5.82 Å². The summed E-state index contributed by atoms with van der Waals surface area (Å²) < 4.78 is 13.7. The smallest absolute Gasteiger partial charge is 0.221 e. The Kier molecular flexibility index (Phi) is 5.06. The first kappa shape index (κ1) is 15.2. The van der Waals surface area contributed by atoms with E-state index >= 15 is 0 Å². The second-order valence-corrected chi connectivity index (χ2v) is 5.00. The highest BCUT2D eigenvalue weighted by Gasteiger charge is 2.09. The first-order chi connectivity index (χ1) is 10.1. The summed E-state index contributed by atoms with van der Waals surface area (Å²) >= 11 is 0. The van der Waals surface area contributed by atoms with Gasteiger partial charge in [0.25, 0.3) is 0 Å². The van der Waals surface area contributed by atoms with Gasteiger partial charge in [0.15, 0.2) is 0 Å². The first-order valence-electron chi connectivity index (χ1n) is 6.90. The van der Waals surface area contributed by atoms with Crippen molar-refractivity contribution >= 4 is 11.6 Å². The summed E-state index contributed by atoms with van der Waals surface area (Å²) in [6.07, 6.45) is 0. The lowest BCUT2D eigenvalue weighted by atomic mass is 10.1. The van der Waals surface area contributed by atoms with Crippen LogP contribution in [0.3, 0.4) is 0 Å². The van der Waals surface area contributed by atoms with E-state index in [1.54, 1.807) is 12.1 Å². The zero-order valence-electron chi connectivity index (χ0n) is 12.2. The molecule has 2 N–H and O–H groups in total. The third-order valence-electron chi connectivity index (χ3n) is 3.26. The van der Waals surface area contributed by atoms with Gasteiger partial charge in [-0.15, -0.1) is 0 Å². The maximum absolute atomic E-state index is 13.7. The number of hydrogen-bond donors (Lipinski definition) is 2. The molecule has 4 heteroatoms. The van der Waals surface area contributed by atoms with Crippen LogP contribution in [0.2, 0.25) is 0 Å². The molecule has 1 unspecified atom stereocenters. The molecule has 0 aromatic heterocycles. The van der Waals surface area contributed by atoms with Crippen molar-refractivity contribution in [2.45, 2.75) is 26.4 Å². The fourth-order valence-electron chi connectivity index (χ4n) is 2.12. The van der Waals surface area contributed by atoms with E-state index < -0.39 is 0 Å². The fourth-order valence-corrected chi connectivity index (χ4v) is 2.12. The molecule has 0 spiro atoms. The molecule has 0 heterocycles. The van der Waals surface area contributed by atoms with Crippen molar-refractivity contribution in [3.63, 3.8) is 0 Å². The second-order valence-electron chi connectivity index (χ2n) is 5.00. The number of carbonyl (C=O) groups is 1. The van der Waals surface area contributed by atoms with Crippen LogP contribution < -0.4 is 10.6 Å². The zero-order chi connectivity index (χ0) is 15.2. The van der Waals surface area contributed by atoms with Crippen molar-refractivity contribution in [2.75, 3.05) is 5.32 Å². The predicted molar refractivity (Wildman–Crippen MR) is 82.4 cm³/mol. The van der Waals surface area contributed by atoms with Gasteiger partial charge in [-0.05, 0) is 30.7 Å². The number of hydrogen-bond acceptors (Lipinski definition) is 2. The Morgan fingerprint density at radius 1 is 1.14 bits per heavy atom. The van der Waals surface area contributed by atoms with Gasteiger partial charge in [0, 0.05) is 30.8 Å². The quantitative estimate of drug-likeness (QED) is 0.881. The van der Waals surface area contributed by atoms with Gasteiger partial charge >= 0.3 is 0 Å². The SMILES string of the molecule is CC(=O)Nc1ccc(CNC(C)c2ccccc2F)cc1. The normalized spacial score (nSPS) is 12.0. The molecule has 3 nitrogen and oxygen atoms in total. The van der Waals surface area contributed by atoms with Gasteiger partial charge in [-0.3, -0.25) is 4.79 Å². The molecule has 2 rings (SSSR count). The maximum atomic E-state index is 13.7. The van der Waals surface area contributed by atoms with Crippen molar-refractivity contribution < 1.29 is 9.18 Å². The standard InChI is InChI=1S/C17H19FN2O/c1-12(16-5-3-4-6-17(16)18)19-11-14-7-9-15(10-8-14)20-13(2)21/h3-10,12,19H,11H2,1-2H3,(H,20,21). The number of anilines is 1. The summed E-state index contributed by atoms with van der Waals surface area (Å²) in [5.74, 6) is -0.285. The summed E-state index contributed by atoms with van der Waals surface area (Å²) in [4.78, 5) is 10.9. The van der Waals surface area contributed by atoms with Gasteiger partial charge in [0.05, 0.1) is 0 Å². The van der Waals surface area contributed by atoms with Gasteiger partial charge in [-0.2, -0.15) is 0 Å². The molecule has 2 aromatic rings. The minimum absolute atomic E-state index is 0.0683. The lowest BCUT2D eigenvalue weighted by Crippen LogP contribution is -2.19. The van der Waals surface area contributed by atoms with Crippen LogP contribution in [0.1, 0.15) is 31.0 Å². The average Bonchev–Trinajstić information content (AvgIpc) is 2.46. The second kappa shape index (κ2) is 6.99. The van der Waals surface area contributed by atoms with Gasteiger partial charge in [-0.1, -0.05) is 30.3 Å². The van der Waals surface area contributed by atoms with Crippen LogP contribution >= 0.6 is 0 Å². The van der Waals surface area contributed by atoms with E-state index in [4.69, 9.17) is 0 Å². The molecule has 0 aliphatic carbocycles. The number of halogens is 1. The van der Waals surface area contributed by atoms with E-state index in [-0.39, 0.29) is 17.8 Å². The highest BCUT2D eigenvalue weighted by Crippen LogP contribution is 2.17. The van der Waals surface area contributed by atoms with Crippen molar-refractivity contribution in [1.82, 2.24) is 5.32 Å². The van der Waals surface area contributed by atoms with Crippen molar-refractivity contribution in [3.05, 3.63) is 65.5 Å². The van der Waals surface area contributed by atoms with Gasteiger partial charge in [-0.25, -0.2) is 4.39 Å². The fraction of sp³-hybridized carbons (Fsp3) is 0.235. The van der Waals surface area contributed by atoms with E-state index in [0.717, 1.165) is 11.3 Å². The van der Waals surface area contributed by atoms with E-state index in [9.17, 15) is 9.18 Å². The van der Waals surface area contributed by atoms with Crippen molar-refractivity contribution in [2.24, 2.45) is 0 Å². The Morgan fingerprint density at radius 3 is 2.43 bits per heavy atom. The number of carbonyl (C=O) groups excluding carboxylic acids is 1. The molecular formula is C17H19FN2O. The van der Waals surface area contributed by atoms with Crippen LogP contribution in [0.5, 0.6) is 0 Å². The van der Waals surface area contributed by atoms with Crippen molar-refractivity contribution in [1.29, 1.82) is 0 Å². The third kappa shape index (κ3) is 4.39. The van der Waals surface area contributed by atoms with Crippen LogP contribution in [0, 0.1) is 5.82 Å². The molecule has 0 aliphatic rings. The Labute approximate surface area is 124 Å². The molecule has 2 aromatic carbocycles. The van der Waals surface area contributed by atoms with Crippen LogP contribution in [0.25, 0.3) is 0 Å². The number of benzene rings is 2. The molecule has 21 heavy (non-hydrogen) atoms. The van der Waals surface area contributed by atoms with Crippen LogP contribution in [0.15, 0.2) is 48.5 Å². The summed E-state index contributed by atoms with van der Waals surface area (Å²) in [7, 11) is 0. The Bertz CT molecular complexity index is 610. The molecule has 0 fully saturated rings. The minimum Gasteiger partial charge on any atom is -0.326 e. The lowest BCUT2D eigenvalue weighted by molar-refractivity contribution is -0.114. The number of nitrogens with one attached hydrogen (secondary N) is 2. The zero-order valence-corrected chi connectivity index (χ0v) is 12.2. The van der Waals surface area contributed by atoms with Crippen molar-refractivity contribution in [3.8, 4) is 0 Å². The molecule has 110 valence electrons. The topological polar surface area (TPSA) is 41.1 Å². The van der Waals surface area contributed by atoms with Gasteiger partial charge in [0.2, 0.25) is 5.91 Å². The first-order valence-corrected chi connectivity index (χ1v) is 6.90. The summed E-state index contributed by atoms with van der Waals surface area (Å²) in [5.41, 5.74) is 2.51. The Balaban J connectivity index is 1.94. The summed E-state index contributed by atoms with van der Waals surface area (Å²) in [5, 5.41) is 6.01. The minimum atomic E-state index is -0.196. The molecular weight excluding hydrogens is 267 g/mol. The van der Waals surface area contributed by atoms with Crippen LogP contribution in [-0.2, 0) is 11.3 Å². The molecule has 0 saturated heterocycles. The van der Waals surface area contributed by atoms with Crippen LogP contribution in [-0.4, -0.2) is 5.91 Å². The van der Waals surface area contributed by atoms with E-state index in [1.807, 2.05) is 37.3 Å². The Morgan fingerprint density at radius 2 is 1.81 bits per heavy atom. The predicted octanol–water partition coefficient (Wildman–Crippen LogP) is 3.63. The van der Waals surface area contributed by atoms with Gasteiger partial charge < -0.3 is 10.6 Å². The molecule has 1 atom stereocenters. The van der Waals surface area contributed by atoms with E-state index in [1.165, 1.54) is 13.0 Å². The van der Waals surface area contributed by atoms with Crippen LogP contribution in [0.4, 0.5) is 10.1 Å². The number of amides is 1. The highest BCUT2D eigenvalue weighted by atomic mass is 19.1. The lowest BCUT2D eigenvalue weighted by Gasteiger charge is -2.15. The third-order valence-corrected chi connectivity index (χ3v) is 3.26. The molecule has 0 aliphatic heterocycles. The monoisotopic (exact) mass is 286 g/mol. The Hall–Kier alpha value is -2.20. The number of rotatable bonds is 5. The molecule has 0 radical (unpaired) electrons. The summed E-state index contributed by atoms with van der Waals surface area (Å²) in [6.45, 7) is 4.05. The molecule has 0 saturated carbocycles. The largest absolute Gasteiger partial charge is 0.326 e.